The largest absolute Gasteiger partial charge is 0.481 e. The molecule has 127 valence electrons. The van der Waals surface area contributed by atoms with Gasteiger partial charge in [-0.1, -0.05) is 0 Å². The molecule has 1 amide bonds. The first kappa shape index (κ1) is 17.7. The van der Waals surface area contributed by atoms with Crippen LogP contribution in [0.5, 0.6) is 5.88 Å². The van der Waals surface area contributed by atoms with Gasteiger partial charge in [0.1, 0.15) is 0 Å². The third-order valence-electron chi connectivity index (χ3n) is 3.56. The van der Waals surface area contributed by atoms with E-state index in [0.717, 1.165) is 17.5 Å². The van der Waals surface area contributed by atoms with Crippen LogP contribution in [0.1, 0.15) is 17.7 Å². The number of hydrogen-bond donors (Lipinski definition) is 1. The molecule has 1 aromatic rings. The number of nitrogens with one attached hydrogen (secondary N) is 1. The molecule has 2 rings (SSSR count). The van der Waals surface area contributed by atoms with Crippen LogP contribution in [-0.4, -0.2) is 50.4 Å². The van der Waals surface area contributed by atoms with Gasteiger partial charge in [-0.2, -0.15) is 13.2 Å². The van der Waals surface area contributed by atoms with Gasteiger partial charge in [0.2, 0.25) is 5.88 Å². The predicted octanol–water partition coefficient (Wildman–Crippen LogP) is 1.81. The number of rotatable bonds is 4. The normalized spacial score (nSPS) is 16.2. The SMILES string of the molecule is COc1cc(CN(C(=O)C(F)(F)F)[Si]2CCCNC2)cc(C)n1. The Morgan fingerprint density at radius 3 is 2.78 bits per heavy atom. The Morgan fingerprint density at radius 1 is 1.48 bits per heavy atom. The second kappa shape index (κ2) is 7.31. The van der Waals surface area contributed by atoms with Gasteiger partial charge in [-0.15, -0.1) is 0 Å². The molecule has 0 spiro atoms. The number of alkyl halides is 3. The van der Waals surface area contributed by atoms with E-state index in [1.165, 1.54) is 7.11 Å². The van der Waals surface area contributed by atoms with Crippen molar-refractivity contribution in [1.29, 1.82) is 0 Å². The smallest absolute Gasteiger partial charge is 0.470 e. The van der Waals surface area contributed by atoms with E-state index in [-0.39, 0.29) is 6.54 Å². The Bertz CT molecular complexity index is 563. The number of carbonyl (C=O) groups is 1. The highest BCUT2D eigenvalue weighted by Crippen LogP contribution is 2.24. The van der Waals surface area contributed by atoms with E-state index in [4.69, 9.17) is 4.74 Å². The van der Waals surface area contributed by atoms with Gasteiger partial charge in [0, 0.05) is 24.5 Å². The van der Waals surface area contributed by atoms with Crippen LogP contribution in [0.4, 0.5) is 13.2 Å². The van der Waals surface area contributed by atoms with Crippen molar-refractivity contribution < 1.29 is 22.7 Å². The number of hydrogen-bond acceptors (Lipinski definition) is 4. The molecule has 1 aliphatic rings. The summed E-state index contributed by atoms with van der Waals surface area (Å²) in [6, 6.07) is 3.90. The van der Waals surface area contributed by atoms with Crippen LogP contribution in [0, 0.1) is 6.92 Å². The van der Waals surface area contributed by atoms with Crippen LogP contribution in [0.25, 0.3) is 0 Å². The summed E-state index contributed by atoms with van der Waals surface area (Å²) in [5, 5.41) is 3.09. The summed E-state index contributed by atoms with van der Waals surface area (Å²) in [5.41, 5.74) is 1.23. The Balaban J connectivity index is 2.26. The van der Waals surface area contributed by atoms with E-state index in [2.05, 4.69) is 10.3 Å². The fourth-order valence-electron chi connectivity index (χ4n) is 2.53. The number of halogens is 3. The van der Waals surface area contributed by atoms with Crippen LogP contribution >= 0.6 is 0 Å². The van der Waals surface area contributed by atoms with Crippen molar-refractivity contribution >= 4 is 14.9 Å². The molecular formula is C14H19F3N3O2Si. The minimum Gasteiger partial charge on any atom is -0.481 e. The minimum atomic E-state index is -4.86. The van der Waals surface area contributed by atoms with Gasteiger partial charge in [-0.3, -0.25) is 4.79 Å². The maximum Gasteiger partial charge on any atom is 0.470 e. The number of pyridine rings is 1. The van der Waals surface area contributed by atoms with Gasteiger partial charge >= 0.3 is 12.1 Å². The maximum absolute atomic E-state index is 12.9. The van der Waals surface area contributed by atoms with E-state index >= 15 is 0 Å². The molecule has 1 aliphatic heterocycles. The van der Waals surface area contributed by atoms with Gasteiger partial charge in [0.05, 0.1) is 7.11 Å². The third kappa shape index (κ3) is 4.68. The van der Waals surface area contributed by atoms with E-state index in [1.807, 2.05) is 0 Å². The second-order valence-electron chi connectivity index (χ2n) is 5.39. The first-order chi connectivity index (χ1) is 10.8. The number of ether oxygens (including phenoxy) is 1. The highest BCUT2D eigenvalue weighted by atomic mass is 28.3. The molecule has 1 radical (unpaired) electrons. The lowest BCUT2D eigenvalue weighted by Crippen LogP contribution is -2.55. The first-order valence-electron chi connectivity index (χ1n) is 7.27. The molecule has 23 heavy (non-hydrogen) atoms. The van der Waals surface area contributed by atoms with Crippen LogP contribution in [0.2, 0.25) is 6.04 Å². The van der Waals surface area contributed by atoms with Crippen molar-refractivity contribution in [2.75, 3.05) is 19.8 Å². The first-order valence-corrected chi connectivity index (χ1v) is 9.13. The summed E-state index contributed by atoms with van der Waals surface area (Å²) in [7, 11) is -0.160. The standard InChI is InChI=1S/C14H19F3N3O2Si/c1-10-6-11(7-12(19-10)22-2)8-20(13(21)14(15,16)17)23-5-3-4-18-9-23/h6-7,18H,3-5,8-9H2,1-2H3. The number of aryl methyl sites for hydroxylation is 1. The van der Waals surface area contributed by atoms with Gasteiger partial charge in [0.25, 0.3) is 0 Å². The third-order valence-corrected chi connectivity index (χ3v) is 6.27. The Kier molecular flexibility index (Phi) is 5.63. The maximum atomic E-state index is 12.9. The van der Waals surface area contributed by atoms with Gasteiger partial charge in [0.15, 0.2) is 8.96 Å². The number of nitrogens with zero attached hydrogens (tertiary/aromatic N) is 2. The average Bonchev–Trinajstić information content (AvgIpc) is 2.51. The van der Waals surface area contributed by atoms with Gasteiger partial charge in [-0.05, 0) is 37.6 Å². The topological polar surface area (TPSA) is 54.5 Å². The number of methoxy groups -OCH3 is 1. The molecule has 1 fully saturated rings. The van der Waals surface area contributed by atoms with Gasteiger partial charge in [-0.25, -0.2) is 4.98 Å². The fourth-order valence-corrected chi connectivity index (χ4v) is 5.04. The average molecular weight is 346 g/mol. The zero-order valence-electron chi connectivity index (χ0n) is 13.0. The van der Waals surface area contributed by atoms with Crippen molar-refractivity contribution in [2.45, 2.75) is 32.1 Å². The van der Waals surface area contributed by atoms with Crippen molar-refractivity contribution in [3.05, 3.63) is 23.4 Å². The molecule has 1 saturated heterocycles. The quantitative estimate of drug-likeness (QED) is 0.845. The molecule has 0 bridgehead atoms. The lowest BCUT2D eigenvalue weighted by molar-refractivity contribution is -0.181. The Hall–Kier alpha value is -1.61. The Labute approximate surface area is 134 Å². The van der Waals surface area contributed by atoms with Crippen molar-refractivity contribution in [2.24, 2.45) is 0 Å². The minimum absolute atomic E-state index is 0.0754. The molecule has 0 saturated carbocycles. The molecule has 1 N–H and O–H groups in total. The second-order valence-corrected chi connectivity index (χ2v) is 7.92. The summed E-state index contributed by atoms with van der Waals surface area (Å²) in [6.07, 6.45) is -3.61. The zero-order valence-corrected chi connectivity index (χ0v) is 14.0. The molecular weight excluding hydrogens is 327 g/mol. The summed E-state index contributed by atoms with van der Waals surface area (Å²) >= 11 is 0. The molecule has 5 nitrogen and oxygen atoms in total. The van der Waals surface area contributed by atoms with E-state index in [0.29, 0.717) is 29.3 Å². The van der Waals surface area contributed by atoms with Crippen LogP contribution < -0.4 is 10.1 Å². The van der Waals surface area contributed by atoms with Gasteiger partial charge < -0.3 is 14.6 Å². The van der Waals surface area contributed by atoms with Crippen LogP contribution in [0.15, 0.2) is 12.1 Å². The van der Waals surface area contributed by atoms with E-state index < -0.39 is 21.0 Å². The number of amides is 1. The molecule has 0 atom stereocenters. The molecule has 9 heteroatoms. The number of aromatic nitrogens is 1. The highest BCUT2D eigenvalue weighted by molar-refractivity contribution is 6.59. The predicted molar refractivity (Wildman–Crippen MR) is 80.2 cm³/mol. The van der Waals surface area contributed by atoms with E-state index in [1.54, 1.807) is 19.1 Å². The molecule has 2 heterocycles. The lowest BCUT2D eigenvalue weighted by atomic mass is 10.2. The fraction of sp³-hybridized carbons (Fsp3) is 0.571. The molecule has 0 unspecified atom stereocenters. The van der Waals surface area contributed by atoms with E-state index in [9.17, 15) is 18.0 Å². The summed E-state index contributed by atoms with van der Waals surface area (Å²) < 4.78 is 44.9. The van der Waals surface area contributed by atoms with Crippen molar-refractivity contribution in [3.8, 4) is 5.88 Å². The summed E-state index contributed by atoms with van der Waals surface area (Å²) in [5.74, 6) is -1.43. The van der Waals surface area contributed by atoms with Crippen LogP contribution in [0.3, 0.4) is 0 Å². The molecule has 1 aromatic heterocycles. The highest BCUT2D eigenvalue weighted by Gasteiger charge is 2.45. The van der Waals surface area contributed by atoms with Crippen LogP contribution in [-0.2, 0) is 11.3 Å². The summed E-state index contributed by atoms with van der Waals surface area (Å²) in [4.78, 5) is 16.0. The van der Waals surface area contributed by atoms with Crippen molar-refractivity contribution in [3.63, 3.8) is 0 Å². The molecule has 0 aliphatic carbocycles. The monoisotopic (exact) mass is 346 g/mol. The Morgan fingerprint density at radius 2 is 2.22 bits per heavy atom. The molecule has 0 aromatic carbocycles. The lowest BCUT2D eigenvalue weighted by Gasteiger charge is -2.33. The number of carbonyl (C=O) groups excluding carboxylic acids is 1. The van der Waals surface area contributed by atoms with Crippen molar-refractivity contribution in [1.82, 2.24) is 14.9 Å². The summed E-state index contributed by atoms with van der Waals surface area (Å²) in [6.45, 7) is 2.44. The zero-order chi connectivity index (χ0) is 17.0.